The summed E-state index contributed by atoms with van der Waals surface area (Å²) in [7, 11) is -6.27. The highest BCUT2D eigenvalue weighted by molar-refractivity contribution is 7.94. The summed E-state index contributed by atoms with van der Waals surface area (Å²) in [6.07, 6.45) is 1.26. The second-order valence-electron chi connectivity index (χ2n) is 11.8. The first-order valence-corrected chi connectivity index (χ1v) is 19.5. The molecule has 1 amide bonds. The summed E-state index contributed by atoms with van der Waals surface area (Å²) >= 11 is 7.04. The van der Waals surface area contributed by atoms with Crippen LogP contribution in [0.2, 0.25) is 5.02 Å². The quantitative estimate of drug-likeness (QED) is 0.302. The second kappa shape index (κ2) is 16.1. The molecule has 1 aliphatic rings. The predicted octanol–water partition coefficient (Wildman–Crippen LogP) is 5.32. The lowest BCUT2D eigenvalue weighted by Gasteiger charge is -2.35. The molecule has 0 radical (unpaired) electrons. The van der Waals surface area contributed by atoms with Crippen LogP contribution in [-0.2, 0) is 24.8 Å². The number of hydrogen-bond acceptors (Lipinski definition) is 9. The smallest absolute Gasteiger partial charge is 0.271 e. The van der Waals surface area contributed by atoms with E-state index in [0.717, 1.165) is 17.8 Å². The zero-order valence-electron chi connectivity index (χ0n) is 26.8. The number of likely N-dealkylation sites (N-methyl/N-ethyl adjacent to an activating group) is 1. The van der Waals surface area contributed by atoms with E-state index in [1.54, 1.807) is 30.5 Å². The standard InChI is InChI=1S/C32H42ClN3O8S3/c1-22-19-36(23(2)21-37)32(38)28-18-26(34-46(39,40)31-9-7-17-45-31)12-15-29(28)44-24(3)8-5-6-16-43-30(22)20-35(4)47(41,42)27-13-10-25(33)11-14-27/h7,9-15,17-18,22-24,30,34,37H,5-6,8,16,19-21H2,1-4H3/t22-,23+,24-,30-/m0/s1. The van der Waals surface area contributed by atoms with E-state index in [9.17, 15) is 26.7 Å². The molecule has 2 heterocycles. The molecule has 0 saturated heterocycles. The van der Waals surface area contributed by atoms with Crippen molar-refractivity contribution in [3.63, 3.8) is 0 Å². The van der Waals surface area contributed by atoms with Crippen LogP contribution in [0.25, 0.3) is 0 Å². The number of rotatable bonds is 9. The first-order chi connectivity index (χ1) is 22.2. The van der Waals surface area contributed by atoms with Gasteiger partial charge in [-0.2, -0.15) is 4.31 Å². The van der Waals surface area contributed by atoms with E-state index >= 15 is 0 Å². The van der Waals surface area contributed by atoms with Crippen molar-refractivity contribution < 1.29 is 36.2 Å². The number of halogens is 1. The number of carbonyl (C=O) groups is 1. The van der Waals surface area contributed by atoms with Gasteiger partial charge in [0.15, 0.2) is 0 Å². The summed E-state index contributed by atoms with van der Waals surface area (Å²) in [5.74, 6) is -0.554. The molecule has 0 spiro atoms. The Morgan fingerprint density at radius 3 is 2.49 bits per heavy atom. The Labute approximate surface area is 286 Å². The Kier molecular flexibility index (Phi) is 12.7. The fourth-order valence-electron chi connectivity index (χ4n) is 5.21. The second-order valence-corrected chi connectivity index (χ2v) is 17.1. The van der Waals surface area contributed by atoms with Crippen LogP contribution in [0.1, 0.15) is 50.4 Å². The van der Waals surface area contributed by atoms with Gasteiger partial charge in [-0.25, -0.2) is 16.8 Å². The largest absolute Gasteiger partial charge is 0.490 e. The number of thiophene rings is 1. The van der Waals surface area contributed by atoms with Crippen LogP contribution in [0.15, 0.2) is 69.1 Å². The molecule has 3 aromatic rings. The molecule has 0 unspecified atom stereocenters. The molecule has 47 heavy (non-hydrogen) atoms. The van der Waals surface area contributed by atoms with Crippen LogP contribution < -0.4 is 9.46 Å². The van der Waals surface area contributed by atoms with Crippen molar-refractivity contribution in [2.45, 2.75) is 67.4 Å². The number of nitrogens with one attached hydrogen (secondary N) is 1. The molecular weight excluding hydrogens is 686 g/mol. The molecule has 1 aliphatic heterocycles. The monoisotopic (exact) mass is 727 g/mol. The third kappa shape index (κ3) is 9.46. The highest BCUT2D eigenvalue weighted by atomic mass is 35.5. The molecule has 0 aliphatic carbocycles. The molecule has 15 heteroatoms. The van der Waals surface area contributed by atoms with E-state index in [2.05, 4.69) is 4.72 Å². The summed E-state index contributed by atoms with van der Waals surface area (Å²) in [6.45, 7) is 5.63. The lowest BCUT2D eigenvalue weighted by Crippen LogP contribution is -2.48. The number of ether oxygens (including phenoxy) is 2. The number of nitrogens with zero attached hydrogens (tertiary/aromatic N) is 2. The Bertz CT molecular complexity index is 1700. The first kappa shape index (κ1) is 37.1. The average Bonchev–Trinajstić information content (AvgIpc) is 3.59. The van der Waals surface area contributed by atoms with Crippen LogP contribution in [0.4, 0.5) is 5.69 Å². The Morgan fingerprint density at radius 1 is 1.11 bits per heavy atom. The van der Waals surface area contributed by atoms with E-state index in [-0.39, 0.29) is 52.1 Å². The van der Waals surface area contributed by atoms with Gasteiger partial charge < -0.3 is 19.5 Å². The van der Waals surface area contributed by atoms with Gasteiger partial charge in [-0.15, -0.1) is 11.3 Å². The molecule has 2 N–H and O–H groups in total. The first-order valence-electron chi connectivity index (χ1n) is 15.3. The lowest BCUT2D eigenvalue weighted by molar-refractivity contribution is -0.00833. The van der Waals surface area contributed by atoms with E-state index in [1.165, 1.54) is 52.7 Å². The minimum absolute atomic E-state index is 0.0202. The highest BCUT2D eigenvalue weighted by Gasteiger charge is 2.32. The third-order valence-electron chi connectivity index (χ3n) is 8.02. The van der Waals surface area contributed by atoms with Crippen molar-refractivity contribution in [1.82, 2.24) is 9.21 Å². The highest BCUT2D eigenvalue weighted by Crippen LogP contribution is 2.30. The number of anilines is 1. The normalized spacial score (nSPS) is 21.0. The molecule has 11 nitrogen and oxygen atoms in total. The molecule has 2 aromatic carbocycles. The lowest BCUT2D eigenvalue weighted by atomic mass is 10.0. The fraction of sp³-hybridized carbons (Fsp3) is 0.469. The van der Waals surface area contributed by atoms with Gasteiger partial charge in [0.1, 0.15) is 9.96 Å². The van der Waals surface area contributed by atoms with Gasteiger partial charge in [-0.1, -0.05) is 24.6 Å². The van der Waals surface area contributed by atoms with Crippen LogP contribution in [-0.4, -0.2) is 88.7 Å². The van der Waals surface area contributed by atoms with Crippen LogP contribution in [0.5, 0.6) is 5.75 Å². The Hall–Kier alpha value is -2.72. The van der Waals surface area contributed by atoms with Crippen molar-refractivity contribution in [3.8, 4) is 5.75 Å². The molecule has 258 valence electrons. The number of carbonyl (C=O) groups excluding carboxylic acids is 1. The van der Waals surface area contributed by atoms with Crippen molar-refractivity contribution in [1.29, 1.82) is 0 Å². The van der Waals surface area contributed by atoms with Gasteiger partial charge in [-0.3, -0.25) is 9.52 Å². The zero-order valence-corrected chi connectivity index (χ0v) is 30.0. The van der Waals surface area contributed by atoms with E-state index in [0.29, 0.717) is 30.2 Å². The predicted molar refractivity (Wildman–Crippen MR) is 183 cm³/mol. The summed E-state index contributed by atoms with van der Waals surface area (Å²) in [5.41, 5.74) is 0.315. The van der Waals surface area contributed by atoms with Crippen LogP contribution >= 0.6 is 22.9 Å². The maximum absolute atomic E-state index is 14.3. The maximum atomic E-state index is 14.3. The molecule has 4 rings (SSSR count). The SMILES string of the molecule is C[C@H](CO)N1C[C@H](C)[C@H](CN(C)S(=O)(=O)c2ccc(Cl)cc2)OCCCC[C@H](C)Oc2ccc(NS(=O)(=O)c3cccs3)cc2C1=O. The third-order valence-corrected chi connectivity index (χ3v) is 12.9. The van der Waals surface area contributed by atoms with Gasteiger partial charge in [0.25, 0.3) is 15.9 Å². The minimum atomic E-state index is -3.88. The number of hydrogen-bond donors (Lipinski definition) is 2. The average molecular weight is 728 g/mol. The van der Waals surface area contributed by atoms with Gasteiger partial charge >= 0.3 is 0 Å². The number of aliphatic hydroxyl groups excluding tert-OH is 1. The number of sulfonamides is 2. The molecular formula is C32H42ClN3O8S3. The van der Waals surface area contributed by atoms with Gasteiger partial charge in [0.2, 0.25) is 10.0 Å². The van der Waals surface area contributed by atoms with Crippen molar-refractivity contribution in [2.24, 2.45) is 5.92 Å². The van der Waals surface area contributed by atoms with Gasteiger partial charge in [-0.05, 0) is 87.0 Å². The van der Waals surface area contributed by atoms with Crippen LogP contribution in [0.3, 0.4) is 0 Å². The summed E-state index contributed by atoms with van der Waals surface area (Å²) < 4.78 is 69.2. The number of benzene rings is 2. The molecule has 0 bridgehead atoms. The zero-order chi connectivity index (χ0) is 34.4. The Balaban J connectivity index is 1.67. The maximum Gasteiger partial charge on any atom is 0.271 e. The van der Waals surface area contributed by atoms with E-state index in [4.69, 9.17) is 21.1 Å². The summed E-state index contributed by atoms with van der Waals surface area (Å²) in [5, 5.41) is 12.3. The molecule has 4 atom stereocenters. The van der Waals surface area contributed by atoms with Crippen molar-refractivity contribution >= 4 is 54.6 Å². The van der Waals surface area contributed by atoms with Crippen molar-refractivity contribution in [2.75, 3.05) is 38.1 Å². The van der Waals surface area contributed by atoms with E-state index < -0.39 is 38.1 Å². The molecule has 1 aromatic heterocycles. The molecule has 0 saturated carbocycles. The number of fused-ring (bicyclic) bond motifs is 1. The fourth-order valence-corrected chi connectivity index (χ4v) is 8.56. The van der Waals surface area contributed by atoms with Crippen LogP contribution in [0, 0.1) is 5.92 Å². The van der Waals surface area contributed by atoms with E-state index in [1.807, 2.05) is 13.8 Å². The minimum Gasteiger partial charge on any atom is -0.490 e. The number of amides is 1. The summed E-state index contributed by atoms with van der Waals surface area (Å²) in [6, 6.07) is 13.0. The van der Waals surface area contributed by atoms with Crippen molar-refractivity contribution in [3.05, 3.63) is 70.6 Å². The molecule has 0 fully saturated rings. The number of aliphatic hydroxyl groups is 1. The van der Waals surface area contributed by atoms with Gasteiger partial charge in [0, 0.05) is 43.4 Å². The van der Waals surface area contributed by atoms with Gasteiger partial charge in [0.05, 0.1) is 35.3 Å². The Morgan fingerprint density at radius 2 is 1.83 bits per heavy atom. The summed E-state index contributed by atoms with van der Waals surface area (Å²) in [4.78, 5) is 15.9. The topological polar surface area (TPSA) is 143 Å².